The zero-order valence-electron chi connectivity index (χ0n) is 16.5. The Balaban J connectivity index is 1.57. The Labute approximate surface area is 184 Å². The van der Waals surface area contributed by atoms with E-state index < -0.39 is 23.8 Å². The molecule has 2 unspecified atom stereocenters. The van der Waals surface area contributed by atoms with E-state index in [1.807, 2.05) is 12.1 Å². The molecule has 0 saturated carbocycles. The average molecular weight is 459 g/mol. The molecule has 2 fully saturated rings. The molecular formula is C19H24Cl2N4O5. The van der Waals surface area contributed by atoms with E-state index in [0.717, 1.165) is 5.69 Å². The highest BCUT2D eigenvalue weighted by molar-refractivity contribution is 6.35. The van der Waals surface area contributed by atoms with E-state index in [4.69, 9.17) is 23.2 Å². The summed E-state index contributed by atoms with van der Waals surface area (Å²) in [6, 6.07) is 5.33. The summed E-state index contributed by atoms with van der Waals surface area (Å²) >= 11 is 12.1. The summed E-state index contributed by atoms with van der Waals surface area (Å²) in [4.78, 5) is 40.6. The molecule has 2 aliphatic rings. The molecule has 2 aliphatic heterocycles. The smallest absolute Gasteiger partial charge is 0.307 e. The van der Waals surface area contributed by atoms with Crippen molar-refractivity contribution in [3.63, 3.8) is 0 Å². The quantitative estimate of drug-likeness (QED) is 0.538. The molecule has 11 heteroatoms. The topological polar surface area (TPSA) is 111 Å². The maximum absolute atomic E-state index is 12.7. The van der Waals surface area contributed by atoms with Crippen LogP contribution < -0.4 is 15.5 Å². The predicted molar refractivity (Wildman–Crippen MR) is 111 cm³/mol. The van der Waals surface area contributed by atoms with Crippen LogP contribution >= 0.6 is 23.2 Å². The molecule has 0 spiro atoms. The number of ether oxygens (including phenoxy) is 1. The number of hydrogen-bond donors (Lipinski definition) is 3. The van der Waals surface area contributed by atoms with Crippen LogP contribution in [0.5, 0.6) is 0 Å². The number of aliphatic hydroxyl groups is 1. The van der Waals surface area contributed by atoms with Gasteiger partial charge in [-0.3, -0.25) is 19.7 Å². The fourth-order valence-corrected chi connectivity index (χ4v) is 4.28. The lowest BCUT2D eigenvalue weighted by Crippen LogP contribution is -2.52. The number of halogens is 2. The van der Waals surface area contributed by atoms with Gasteiger partial charge in [-0.05, 0) is 24.6 Å². The minimum atomic E-state index is -1.37. The Hall–Kier alpha value is -2.07. The fourth-order valence-electron chi connectivity index (χ4n) is 3.76. The molecule has 0 bridgehead atoms. The summed E-state index contributed by atoms with van der Waals surface area (Å²) in [6.45, 7) is 2.25. The van der Waals surface area contributed by atoms with Crippen LogP contribution in [0.4, 0.5) is 5.69 Å². The first-order valence-corrected chi connectivity index (χ1v) is 10.3. The van der Waals surface area contributed by atoms with E-state index in [2.05, 4.69) is 20.3 Å². The van der Waals surface area contributed by atoms with Gasteiger partial charge in [0.25, 0.3) is 0 Å². The molecule has 30 heavy (non-hydrogen) atoms. The van der Waals surface area contributed by atoms with Gasteiger partial charge >= 0.3 is 5.97 Å². The maximum Gasteiger partial charge on any atom is 0.307 e. The zero-order valence-corrected chi connectivity index (χ0v) is 18.0. The van der Waals surface area contributed by atoms with Crippen molar-refractivity contribution in [3.8, 4) is 0 Å². The van der Waals surface area contributed by atoms with Crippen molar-refractivity contribution in [1.29, 1.82) is 0 Å². The molecule has 164 valence electrons. The van der Waals surface area contributed by atoms with Crippen molar-refractivity contribution in [1.82, 2.24) is 15.5 Å². The van der Waals surface area contributed by atoms with Gasteiger partial charge in [-0.1, -0.05) is 23.2 Å². The molecule has 9 nitrogen and oxygen atoms in total. The molecule has 0 radical (unpaired) electrons. The number of carbonyl (C=O) groups is 3. The van der Waals surface area contributed by atoms with Crippen LogP contribution in [0.1, 0.15) is 19.3 Å². The summed E-state index contributed by atoms with van der Waals surface area (Å²) in [5, 5.41) is 15.8. The van der Waals surface area contributed by atoms with Gasteiger partial charge in [-0.2, -0.15) is 0 Å². The normalized spacial score (nSPS) is 24.0. The van der Waals surface area contributed by atoms with Crippen molar-refractivity contribution < 1.29 is 24.2 Å². The van der Waals surface area contributed by atoms with Crippen LogP contribution in [0.3, 0.4) is 0 Å². The van der Waals surface area contributed by atoms with Crippen LogP contribution in [-0.2, 0) is 19.1 Å². The summed E-state index contributed by atoms with van der Waals surface area (Å²) < 4.78 is 4.65. The van der Waals surface area contributed by atoms with Crippen LogP contribution in [-0.4, -0.2) is 73.0 Å². The van der Waals surface area contributed by atoms with E-state index in [-0.39, 0.29) is 25.2 Å². The Bertz CT molecular complexity index is 811. The first-order valence-electron chi connectivity index (χ1n) is 9.55. The number of esters is 1. The van der Waals surface area contributed by atoms with Crippen molar-refractivity contribution in [2.75, 3.05) is 38.2 Å². The SMILES string of the molecule is COC(=O)CC1(CCC(=O)N2CCN(c3cc(Cl)cc(Cl)c3)CC2)NC(O)NC1=O. The van der Waals surface area contributed by atoms with Gasteiger partial charge in [0, 0.05) is 48.3 Å². The lowest BCUT2D eigenvalue weighted by atomic mass is 9.89. The molecule has 2 atom stereocenters. The number of amides is 2. The van der Waals surface area contributed by atoms with Crippen LogP contribution in [0, 0.1) is 0 Å². The van der Waals surface area contributed by atoms with Gasteiger partial charge in [0.2, 0.25) is 11.8 Å². The molecule has 0 aliphatic carbocycles. The summed E-state index contributed by atoms with van der Waals surface area (Å²) in [5.74, 6) is -1.26. The van der Waals surface area contributed by atoms with E-state index >= 15 is 0 Å². The number of methoxy groups -OCH3 is 1. The number of hydrogen-bond acceptors (Lipinski definition) is 7. The summed E-state index contributed by atoms with van der Waals surface area (Å²) in [6.07, 6.45) is -1.44. The number of carbonyl (C=O) groups excluding carboxylic acids is 3. The molecule has 1 aromatic rings. The third kappa shape index (κ3) is 5.15. The number of aliphatic hydroxyl groups excluding tert-OH is 1. The largest absolute Gasteiger partial charge is 0.469 e. The van der Waals surface area contributed by atoms with Gasteiger partial charge in [-0.15, -0.1) is 0 Å². The molecule has 2 saturated heterocycles. The first kappa shape index (κ1) is 22.6. The van der Waals surface area contributed by atoms with E-state index in [1.165, 1.54) is 7.11 Å². The number of nitrogens with one attached hydrogen (secondary N) is 2. The Morgan fingerprint density at radius 3 is 2.37 bits per heavy atom. The second-order valence-corrected chi connectivity index (χ2v) is 8.22. The van der Waals surface area contributed by atoms with Crippen LogP contribution in [0.15, 0.2) is 18.2 Å². The molecule has 2 amide bonds. The average Bonchev–Trinajstić information content (AvgIpc) is 2.98. The highest BCUT2D eigenvalue weighted by Gasteiger charge is 2.48. The molecular weight excluding hydrogens is 435 g/mol. The monoisotopic (exact) mass is 458 g/mol. The van der Waals surface area contributed by atoms with Crippen molar-refractivity contribution in [2.45, 2.75) is 31.2 Å². The number of rotatable bonds is 6. The predicted octanol–water partition coefficient (Wildman–Crippen LogP) is 0.719. The van der Waals surface area contributed by atoms with E-state index in [1.54, 1.807) is 11.0 Å². The number of benzene rings is 1. The minimum Gasteiger partial charge on any atom is -0.469 e. The van der Waals surface area contributed by atoms with E-state index in [9.17, 15) is 19.5 Å². The van der Waals surface area contributed by atoms with Gasteiger partial charge in [0.05, 0.1) is 13.5 Å². The highest BCUT2D eigenvalue weighted by Crippen LogP contribution is 2.27. The third-order valence-electron chi connectivity index (χ3n) is 5.40. The van der Waals surface area contributed by atoms with Crippen LogP contribution in [0.2, 0.25) is 10.0 Å². The zero-order chi connectivity index (χ0) is 21.9. The number of piperazine rings is 1. The summed E-state index contributed by atoms with van der Waals surface area (Å²) in [7, 11) is 1.22. The third-order valence-corrected chi connectivity index (χ3v) is 5.84. The fraction of sp³-hybridized carbons (Fsp3) is 0.526. The Morgan fingerprint density at radius 1 is 1.20 bits per heavy atom. The second-order valence-electron chi connectivity index (χ2n) is 7.35. The standard InChI is InChI=1S/C19H24Cl2N4O5/c1-30-16(27)11-19(17(28)22-18(29)23-19)3-2-15(26)25-6-4-24(5-7-25)14-9-12(20)8-13(21)10-14/h8-10,18,23,29H,2-7,11H2,1H3,(H,22,28). The minimum absolute atomic E-state index is 0.0487. The molecule has 2 heterocycles. The number of nitrogens with zero attached hydrogens (tertiary/aromatic N) is 2. The highest BCUT2D eigenvalue weighted by atomic mass is 35.5. The van der Waals surface area contributed by atoms with Crippen molar-refractivity contribution >= 4 is 46.7 Å². The van der Waals surface area contributed by atoms with Gasteiger partial charge in [0.15, 0.2) is 6.35 Å². The first-order chi connectivity index (χ1) is 14.2. The number of anilines is 1. The van der Waals surface area contributed by atoms with E-state index in [0.29, 0.717) is 36.2 Å². The molecule has 3 rings (SSSR count). The van der Waals surface area contributed by atoms with Crippen molar-refractivity contribution in [3.05, 3.63) is 28.2 Å². The molecule has 0 aromatic heterocycles. The summed E-state index contributed by atoms with van der Waals surface area (Å²) in [5.41, 5.74) is -0.473. The van der Waals surface area contributed by atoms with Gasteiger partial charge in [-0.25, -0.2) is 0 Å². The lowest BCUT2D eigenvalue weighted by Gasteiger charge is -2.36. The lowest BCUT2D eigenvalue weighted by molar-refractivity contribution is -0.145. The van der Waals surface area contributed by atoms with Gasteiger partial charge < -0.3 is 25.0 Å². The van der Waals surface area contributed by atoms with Gasteiger partial charge in [0.1, 0.15) is 5.54 Å². The Kier molecular flexibility index (Phi) is 7.07. The molecule has 3 N–H and O–H groups in total. The maximum atomic E-state index is 12.7. The van der Waals surface area contributed by atoms with Crippen LogP contribution in [0.25, 0.3) is 0 Å². The van der Waals surface area contributed by atoms with Crippen molar-refractivity contribution in [2.24, 2.45) is 0 Å². The second kappa shape index (κ2) is 9.38. The molecule has 1 aromatic carbocycles. The Morgan fingerprint density at radius 2 is 1.83 bits per heavy atom.